The summed E-state index contributed by atoms with van der Waals surface area (Å²) in [5.41, 5.74) is 24.4. The Balaban J connectivity index is 0.000000167. The highest BCUT2D eigenvalue weighted by molar-refractivity contribution is 6.36. The second-order valence-electron chi connectivity index (χ2n) is 30.4. The van der Waals surface area contributed by atoms with Crippen molar-refractivity contribution in [1.29, 1.82) is 0 Å². The summed E-state index contributed by atoms with van der Waals surface area (Å²) in [6.07, 6.45) is 0. The normalized spacial score (nSPS) is 11.4. The summed E-state index contributed by atoms with van der Waals surface area (Å²) in [5.74, 6) is -0.168. The average Bonchev–Trinajstić information content (AvgIpc) is 0.711. The number of hydrogen-bond donors (Lipinski definition) is 0. The zero-order chi connectivity index (χ0) is 78.7. The number of hydrogen-bond acceptors (Lipinski definition) is 8. The highest BCUT2D eigenvalue weighted by Crippen LogP contribution is 2.53. The Hall–Kier alpha value is -14.1. The number of carbonyl (C=O) groups excluding carboxylic acids is 4. The Morgan fingerprint density at radius 1 is 0.193 bits per heavy atom. The first-order valence-electron chi connectivity index (χ1n) is 38.8. The molecule has 0 heterocycles. The van der Waals surface area contributed by atoms with Gasteiger partial charge >= 0.3 is 0 Å². The molecule has 114 heavy (non-hydrogen) atoms. The minimum atomic E-state index is -0.0701. The van der Waals surface area contributed by atoms with Gasteiger partial charge in [-0.2, -0.15) is 0 Å². The van der Waals surface area contributed by atoms with Crippen LogP contribution in [0.3, 0.4) is 0 Å². The lowest BCUT2D eigenvalue weighted by Crippen LogP contribution is -2.14. The molecule has 0 aliphatic rings. The van der Waals surface area contributed by atoms with Crippen LogP contribution in [0.4, 0.5) is 68.2 Å². The smallest absolute Gasteiger partial charge is 0.193 e. The number of rotatable bonds is 18. The average molecular weight is 1480 g/mol. The highest BCUT2D eigenvalue weighted by atomic mass is 16.1. The van der Waals surface area contributed by atoms with Gasteiger partial charge in [0.2, 0.25) is 0 Å². The summed E-state index contributed by atoms with van der Waals surface area (Å²) in [6.45, 7) is 20.0. The monoisotopic (exact) mass is 1480 g/mol. The van der Waals surface area contributed by atoms with Gasteiger partial charge in [-0.05, 0) is 212 Å². The summed E-state index contributed by atoms with van der Waals surface area (Å²) in [4.78, 5) is 66.3. The Morgan fingerprint density at radius 3 is 0.544 bits per heavy atom. The molecule has 0 aliphatic heterocycles. The van der Waals surface area contributed by atoms with Gasteiger partial charge in [-0.1, -0.05) is 251 Å². The van der Waals surface area contributed by atoms with Crippen LogP contribution in [-0.4, -0.2) is 23.1 Å². The van der Waals surface area contributed by atoms with Crippen LogP contribution < -0.4 is 19.6 Å². The summed E-state index contributed by atoms with van der Waals surface area (Å²) < 4.78 is 0. The SMILES string of the molecule is CC(=O)c1cc(N(c2ccc(C)cc2)c2ccc(C)cc2)c2ccc3c(C(C)=O)cc(N(c4ccc(C)cc4)c4ccc(C)cc4)c4ccc1c2c34.Cc1ccc(N(c2ccc(C)cc2)c2cc(C(=O)c3ccccc3)c3ccc4c(N(c5ccc(C)cc5)c5ccc(C)cc5)cc(C(=O)c5ccccc5)c5ccc2c3c54)cc1. The lowest BCUT2D eigenvalue weighted by molar-refractivity contribution is 0.101. The lowest BCUT2D eigenvalue weighted by atomic mass is 9.85. The standard InChI is InChI=1S/C58H44N2O2.C48H40N2O2/c1-37-15-23-43(24-16-37)59(44-25-17-38(2)18-26-44)53-35-51(57(61)41-11-7-5-8-12-41)47-32-34-50-54(60(45-27-19-39(3)20-28-45)46-29-21-40(4)22-30-46)36-52(58(62)42-13-9-6-10-14-42)48-31-33-49(53)55(47)56(48)50;1-29-7-15-35(16-8-29)49(36-17-9-30(2)10-18-36)45-27-43(33(5)51)39-24-26-42-46(28-44(34(6)52)40-23-25-41(45)47(39)48(40)42)50(37-19-11-31(3)12-20-37)38-21-13-32(4)14-22-38/h5-36H,1-4H3;7-28H,1-6H3. The molecule has 0 aliphatic carbocycles. The first-order valence-corrected chi connectivity index (χ1v) is 38.8. The first kappa shape index (κ1) is 72.8. The fourth-order valence-corrected chi connectivity index (χ4v) is 16.4. The molecular formula is C106H84N4O4. The van der Waals surface area contributed by atoms with Crippen molar-refractivity contribution in [1.82, 2.24) is 0 Å². The Bertz CT molecular complexity index is 6130. The van der Waals surface area contributed by atoms with Gasteiger partial charge in [0.05, 0.1) is 22.7 Å². The van der Waals surface area contributed by atoms with E-state index in [2.05, 4.69) is 330 Å². The predicted octanol–water partition coefficient (Wildman–Crippen LogP) is 28.4. The molecule has 8 heteroatoms. The molecule has 0 atom stereocenters. The van der Waals surface area contributed by atoms with Crippen molar-refractivity contribution in [2.45, 2.75) is 69.2 Å². The van der Waals surface area contributed by atoms with E-state index in [1.54, 1.807) is 13.8 Å². The van der Waals surface area contributed by atoms with Gasteiger partial charge < -0.3 is 19.6 Å². The van der Waals surface area contributed by atoms with Crippen LogP contribution in [0.15, 0.2) is 328 Å². The fourth-order valence-electron chi connectivity index (χ4n) is 16.4. The van der Waals surface area contributed by atoms with Gasteiger partial charge in [0.25, 0.3) is 0 Å². The number of carbonyl (C=O) groups is 4. The van der Waals surface area contributed by atoms with Crippen molar-refractivity contribution in [3.8, 4) is 0 Å². The number of benzene rings is 18. The van der Waals surface area contributed by atoms with Crippen LogP contribution in [0.25, 0.3) is 64.6 Å². The lowest BCUT2D eigenvalue weighted by Gasteiger charge is -2.31. The van der Waals surface area contributed by atoms with Gasteiger partial charge in [0.1, 0.15) is 0 Å². The molecule has 18 aromatic rings. The molecule has 18 aromatic carbocycles. The number of ketones is 4. The molecule has 0 amide bonds. The van der Waals surface area contributed by atoms with E-state index in [1.165, 1.54) is 22.3 Å². The van der Waals surface area contributed by atoms with E-state index < -0.39 is 0 Å². The summed E-state index contributed by atoms with van der Waals surface area (Å²) in [5, 5.41) is 11.2. The molecule has 18 rings (SSSR count). The third kappa shape index (κ3) is 13.4. The van der Waals surface area contributed by atoms with Gasteiger partial charge in [0, 0.05) is 122 Å². The Morgan fingerprint density at radius 2 is 0.360 bits per heavy atom. The summed E-state index contributed by atoms with van der Waals surface area (Å²) in [7, 11) is 0. The maximum absolute atomic E-state index is 15.0. The number of aryl methyl sites for hydroxylation is 8. The topological polar surface area (TPSA) is 81.2 Å². The van der Waals surface area contributed by atoms with Crippen molar-refractivity contribution < 1.29 is 19.2 Å². The summed E-state index contributed by atoms with van der Waals surface area (Å²) >= 11 is 0. The second kappa shape index (κ2) is 30.0. The Kier molecular flexibility index (Phi) is 19.1. The van der Waals surface area contributed by atoms with Crippen LogP contribution in [0.5, 0.6) is 0 Å². The van der Waals surface area contributed by atoms with Crippen molar-refractivity contribution in [3.05, 3.63) is 405 Å². The molecule has 0 bridgehead atoms. The van der Waals surface area contributed by atoms with Crippen LogP contribution >= 0.6 is 0 Å². The molecule has 552 valence electrons. The van der Waals surface area contributed by atoms with Gasteiger partial charge in [-0.3, -0.25) is 19.2 Å². The van der Waals surface area contributed by atoms with E-state index in [4.69, 9.17) is 0 Å². The first-order chi connectivity index (χ1) is 55.3. The van der Waals surface area contributed by atoms with Crippen molar-refractivity contribution in [3.63, 3.8) is 0 Å². The molecule has 0 saturated carbocycles. The molecule has 8 nitrogen and oxygen atoms in total. The number of Topliss-reactive ketones (excluding diaryl/α,β-unsaturated/α-hetero) is 2. The zero-order valence-corrected chi connectivity index (χ0v) is 65.6. The molecular weight excluding hydrogens is 1390 g/mol. The van der Waals surface area contributed by atoms with Gasteiger partial charge in [-0.15, -0.1) is 0 Å². The van der Waals surface area contributed by atoms with E-state index in [9.17, 15) is 9.59 Å². The predicted molar refractivity (Wildman–Crippen MR) is 477 cm³/mol. The van der Waals surface area contributed by atoms with Crippen LogP contribution in [0.2, 0.25) is 0 Å². The van der Waals surface area contributed by atoms with E-state index in [-0.39, 0.29) is 23.1 Å². The van der Waals surface area contributed by atoms with Gasteiger partial charge in [0.15, 0.2) is 23.1 Å². The maximum atomic E-state index is 15.0. The molecule has 0 spiro atoms. The molecule has 0 fully saturated rings. The zero-order valence-electron chi connectivity index (χ0n) is 65.6. The third-order valence-corrected chi connectivity index (χ3v) is 22.3. The Labute approximate surface area is 665 Å². The maximum Gasteiger partial charge on any atom is 0.193 e. The highest BCUT2D eigenvalue weighted by Gasteiger charge is 2.31. The number of anilines is 12. The fraction of sp³-hybridized carbons (Fsp3) is 0.0943. The van der Waals surface area contributed by atoms with E-state index in [1.807, 2.05) is 72.8 Å². The van der Waals surface area contributed by atoms with Crippen LogP contribution in [0, 0.1) is 55.4 Å². The quantitative estimate of drug-likeness (QED) is 0.0621. The molecule has 0 saturated heterocycles. The summed E-state index contributed by atoms with van der Waals surface area (Å²) in [6, 6.07) is 112. The largest absolute Gasteiger partial charge is 0.310 e. The third-order valence-electron chi connectivity index (χ3n) is 22.3. The van der Waals surface area contributed by atoms with Crippen molar-refractivity contribution >= 4 is 156 Å². The second-order valence-corrected chi connectivity index (χ2v) is 30.4. The van der Waals surface area contributed by atoms with Crippen molar-refractivity contribution in [2.24, 2.45) is 0 Å². The van der Waals surface area contributed by atoms with E-state index in [0.29, 0.717) is 33.4 Å². The number of nitrogens with zero attached hydrogens (tertiary/aromatic N) is 4. The van der Waals surface area contributed by atoms with Crippen LogP contribution in [-0.2, 0) is 0 Å². The van der Waals surface area contributed by atoms with E-state index in [0.717, 1.165) is 155 Å². The minimum Gasteiger partial charge on any atom is -0.310 e. The van der Waals surface area contributed by atoms with Gasteiger partial charge in [-0.25, -0.2) is 0 Å². The molecule has 0 unspecified atom stereocenters. The van der Waals surface area contributed by atoms with Crippen molar-refractivity contribution in [2.75, 3.05) is 19.6 Å². The van der Waals surface area contributed by atoms with Crippen LogP contribution in [0.1, 0.15) is 111 Å². The molecule has 0 N–H and O–H groups in total. The van der Waals surface area contributed by atoms with E-state index >= 15 is 9.59 Å². The molecule has 0 aromatic heterocycles. The molecule has 0 radical (unpaired) electrons. The minimum absolute atomic E-state index is 0.0140.